The summed E-state index contributed by atoms with van der Waals surface area (Å²) in [6, 6.07) is 0.642. The highest BCUT2D eigenvalue weighted by Gasteiger charge is 2.20. The maximum atomic E-state index is 5.74. The maximum absolute atomic E-state index is 5.74. The van der Waals surface area contributed by atoms with Crippen LogP contribution in [-0.2, 0) is 11.2 Å². The van der Waals surface area contributed by atoms with E-state index < -0.39 is 0 Å². The van der Waals surface area contributed by atoms with Crippen LogP contribution in [-0.4, -0.2) is 42.7 Å². The van der Waals surface area contributed by atoms with Crippen molar-refractivity contribution in [1.82, 2.24) is 9.88 Å². The minimum Gasteiger partial charge on any atom is -0.379 e. The van der Waals surface area contributed by atoms with Gasteiger partial charge in [0.2, 0.25) is 0 Å². The van der Waals surface area contributed by atoms with E-state index in [-0.39, 0.29) is 0 Å². The first-order chi connectivity index (χ1) is 7.75. The van der Waals surface area contributed by atoms with E-state index in [1.807, 2.05) is 13.1 Å². The third-order valence-corrected chi connectivity index (χ3v) is 4.12. The Morgan fingerprint density at radius 2 is 2.50 bits per heavy atom. The fraction of sp³-hybridized carbons (Fsp3) is 0.750. The number of likely N-dealkylation sites (tertiary alicyclic amines) is 1. The molecule has 1 aromatic rings. The predicted molar refractivity (Wildman–Crippen MR) is 67.0 cm³/mol. The van der Waals surface area contributed by atoms with Gasteiger partial charge in [0.15, 0.2) is 0 Å². The molecule has 0 aliphatic carbocycles. The lowest BCUT2D eigenvalue weighted by molar-refractivity contribution is 0.0882. The van der Waals surface area contributed by atoms with E-state index >= 15 is 0 Å². The van der Waals surface area contributed by atoms with Gasteiger partial charge in [-0.05, 0) is 33.4 Å². The second-order valence-electron chi connectivity index (χ2n) is 4.45. The number of hydrogen-bond donors (Lipinski definition) is 0. The molecule has 1 fully saturated rings. The van der Waals surface area contributed by atoms with Crippen molar-refractivity contribution in [3.8, 4) is 0 Å². The molecule has 0 aromatic carbocycles. The lowest BCUT2D eigenvalue weighted by atomic mass is 10.2. The second-order valence-corrected chi connectivity index (χ2v) is 5.77. The molecule has 4 heteroatoms. The number of nitrogens with zero attached hydrogens (tertiary/aromatic N) is 2. The van der Waals surface area contributed by atoms with Gasteiger partial charge in [-0.15, -0.1) is 11.3 Å². The van der Waals surface area contributed by atoms with Crippen molar-refractivity contribution in [2.75, 3.05) is 26.8 Å². The summed E-state index contributed by atoms with van der Waals surface area (Å²) in [5.41, 5.74) is 0. The van der Waals surface area contributed by atoms with E-state index in [4.69, 9.17) is 4.74 Å². The Balaban J connectivity index is 1.61. The smallest absolute Gasteiger partial charge is 0.0896 e. The van der Waals surface area contributed by atoms with Crippen LogP contribution in [0.4, 0.5) is 0 Å². The van der Waals surface area contributed by atoms with Crippen LogP contribution in [0, 0.1) is 6.92 Å². The van der Waals surface area contributed by atoms with Crippen molar-refractivity contribution in [3.05, 3.63) is 16.1 Å². The number of aryl methyl sites for hydroxylation is 1. The molecule has 16 heavy (non-hydrogen) atoms. The molecule has 1 saturated heterocycles. The molecular formula is C12H20N2OS. The number of aromatic nitrogens is 1. The summed E-state index contributed by atoms with van der Waals surface area (Å²) in [4.78, 5) is 7.97. The first kappa shape index (κ1) is 12.0. The molecule has 1 atom stereocenters. The quantitative estimate of drug-likeness (QED) is 0.737. The van der Waals surface area contributed by atoms with Crippen LogP contribution >= 0.6 is 11.3 Å². The Hall–Kier alpha value is -0.450. The molecule has 90 valence electrons. The molecular weight excluding hydrogens is 220 g/mol. The van der Waals surface area contributed by atoms with Crippen molar-refractivity contribution in [3.63, 3.8) is 0 Å². The Bertz CT molecular complexity index is 327. The van der Waals surface area contributed by atoms with E-state index in [1.165, 1.54) is 24.3 Å². The highest BCUT2D eigenvalue weighted by Crippen LogP contribution is 2.15. The molecule has 1 aromatic heterocycles. The molecule has 1 aliphatic rings. The van der Waals surface area contributed by atoms with Crippen LogP contribution in [0.5, 0.6) is 0 Å². The molecule has 2 rings (SSSR count). The standard InChI is InChI=1S/C12H20N2OS/c1-10-13-8-12(16-10)5-7-15-9-11-4-3-6-14(11)2/h8,11H,3-7,9H2,1-2H3. The van der Waals surface area contributed by atoms with Crippen LogP contribution in [0.15, 0.2) is 6.20 Å². The van der Waals surface area contributed by atoms with Gasteiger partial charge in [0.25, 0.3) is 0 Å². The van der Waals surface area contributed by atoms with Crippen molar-refractivity contribution in [1.29, 1.82) is 0 Å². The summed E-state index contributed by atoms with van der Waals surface area (Å²) in [6.45, 7) is 4.98. The zero-order valence-electron chi connectivity index (χ0n) is 10.1. The average Bonchev–Trinajstić information content (AvgIpc) is 2.83. The summed E-state index contributed by atoms with van der Waals surface area (Å²) in [5.74, 6) is 0. The summed E-state index contributed by atoms with van der Waals surface area (Å²) in [5, 5.41) is 1.14. The van der Waals surface area contributed by atoms with Gasteiger partial charge in [-0.1, -0.05) is 0 Å². The zero-order chi connectivity index (χ0) is 11.4. The van der Waals surface area contributed by atoms with Crippen molar-refractivity contribution >= 4 is 11.3 Å². The van der Waals surface area contributed by atoms with Crippen LogP contribution in [0.3, 0.4) is 0 Å². The van der Waals surface area contributed by atoms with Crippen molar-refractivity contribution < 1.29 is 4.74 Å². The third kappa shape index (κ3) is 3.27. The van der Waals surface area contributed by atoms with Gasteiger partial charge in [0, 0.05) is 23.5 Å². The summed E-state index contributed by atoms with van der Waals surface area (Å²) in [7, 11) is 2.19. The Labute approximate surface area is 101 Å². The summed E-state index contributed by atoms with van der Waals surface area (Å²) in [6.07, 6.45) is 5.57. The number of hydrogen-bond acceptors (Lipinski definition) is 4. The molecule has 0 N–H and O–H groups in total. The van der Waals surface area contributed by atoms with Crippen LogP contribution in [0.1, 0.15) is 22.7 Å². The lowest BCUT2D eigenvalue weighted by Gasteiger charge is -2.18. The number of thiazole rings is 1. The van der Waals surface area contributed by atoms with E-state index in [0.717, 1.165) is 24.6 Å². The fourth-order valence-corrected chi connectivity index (χ4v) is 2.88. The monoisotopic (exact) mass is 240 g/mol. The molecule has 1 aliphatic heterocycles. The van der Waals surface area contributed by atoms with Gasteiger partial charge in [-0.3, -0.25) is 0 Å². The van der Waals surface area contributed by atoms with Gasteiger partial charge >= 0.3 is 0 Å². The Morgan fingerprint density at radius 1 is 1.62 bits per heavy atom. The summed E-state index contributed by atoms with van der Waals surface area (Å²) < 4.78 is 5.74. The minimum absolute atomic E-state index is 0.642. The highest BCUT2D eigenvalue weighted by molar-refractivity contribution is 7.11. The SMILES string of the molecule is Cc1ncc(CCOCC2CCCN2C)s1. The van der Waals surface area contributed by atoms with E-state index in [2.05, 4.69) is 16.9 Å². The van der Waals surface area contributed by atoms with Gasteiger partial charge in [0.05, 0.1) is 18.2 Å². The maximum Gasteiger partial charge on any atom is 0.0896 e. The van der Waals surface area contributed by atoms with Gasteiger partial charge in [-0.25, -0.2) is 4.98 Å². The number of ether oxygens (including phenoxy) is 1. The Morgan fingerprint density at radius 3 is 3.12 bits per heavy atom. The first-order valence-electron chi connectivity index (χ1n) is 5.95. The van der Waals surface area contributed by atoms with Gasteiger partial charge in [-0.2, -0.15) is 0 Å². The molecule has 0 spiro atoms. The molecule has 0 saturated carbocycles. The Kier molecular flexibility index (Phi) is 4.32. The topological polar surface area (TPSA) is 25.4 Å². The van der Waals surface area contributed by atoms with Crippen LogP contribution < -0.4 is 0 Å². The summed E-state index contributed by atoms with van der Waals surface area (Å²) >= 11 is 1.77. The van der Waals surface area contributed by atoms with Crippen molar-refractivity contribution in [2.45, 2.75) is 32.2 Å². The van der Waals surface area contributed by atoms with Gasteiger partial charge in [0.1, 0.15) is 0 Å². The first-order valence-corrected chi connectivity index (χ1v) is 6.76. The number of rotatable bonds is 5. The van der Waals surface area contributed by atoms with Gasteiger partial charge < -0.3 is 9.64 Å². The van der Waals surface area contributed by atoms with Crippen LogP contribution in [0.2, 0.25) is 0 Å². The number of likely N-dealkylation sites (N-methyl/N-ethyl adjacent to an activating group) is 1. The molecule has 2 heterocycles. The predicted octanol–water partition coefficient (Wildman–Crippen LogP) is 2.10. The largest absolute Gasteiger partial charge is 0.379 e. The van der Waals surface area contributed by atoms with E-state index in [9.17, 15) is 0 Å². The molecule has 1 unspecified atom stereocenters. The second kappa shape index (κ2) is 5.75. The highest BCUT2D eigenvalue weighted by atomic mass is 32.1. The minimum atomic E-state index is 0.642. The van der Waals surface area contributed by atoms with Crippen molar-refractivity contribution in [2.24, 2.45) is 0 Å². The van der Waals surface area contributed by atoms with Crippen LogP contribution in [0.25, 0.3) is 0 Å². The normalized spacial score (nSPS) is 21.8. The molecule has 0 bridgehead atoms. The lowest BCUT2D eigenvalue weighted by Crippen LogP contribution is -2.29. The van der Waals surface area contributed by atoms with E-state index in [1.54, 1.807) is 11.3 Å². The molecule has 3 nitrogen and oxygen atoms in total. The fourth-order valence-electron chi connectivity index (χ4n) is 2.10. The average molecular weight is 240 g/mol. The van der Waals surface area contributed by atoms with E-state index in [0.29, 0.717) is 6.04 Å². The third-order valence-electron chi connectivity index (χ3n) is 3.14. The zero-order valence-corrected chi connectivity index (χ0v) is 10.9. The molecule has 0 radical (unpaired) electrons. The molecule has 0 amide bonds.